The number of carbonyl (C=O) groups excluding carboxylic acids is 2. The van der Waals surface area contributed by atoms with Gasteiger partial charge >= 0.3 is 0 Å². The van der Waals surface area contributed by atoms with E-state index in [2.05, 4.69) is 5.32 Å². The predicted molar refractivity (Wildman–Crippen MR) is 119 cm³/mol. The highest BCUT2D eigenvalue weighted by Gasteiger charge is 2.28. The van der Waals surface area contributed by atoms with Crippen LogP contribution in [-0.2, 0) is 0 Å². The normalized spacial score (nSPS) is 13.8. The number of hydrogen-bond acceptors (Lipinski definition) is 3. The molecule has 2 amide bonds. The molecule has 1 N–H and O–H groups in total. The minimum atomic E-state index is -0.820. The predicted octanol–water partition coefficient (Wildman–Crippen LogP) is 5.88. The van der Waals surface area contributed by atoms with Crippen molar-refractivity contribution in [1.82, 2.24) is 4.90 Å². The molecule has 2 heterocycles. The number of piperidine rings is 1. The summed E-state index contributed by atoms with van der Waals surface area (Å²) in [7, 11) is 0. The molecule has 2 aromatic carbocycles. The second-order valence-electron chi connectivity index (χ2n) is 7.56. The van der Waals surface area contributed by atoms with Crippen LogP contribution in [0, 0.1) is 18.6 Å². The highest BCUT2D eigenvalue weighted by Crippen LogP contribution is 2.41. The molecule has 1 aliphatic heterocycles. The van der Waals surface area contributed by atoms with Gasteiger partial charge in [0.05, 0.1) is 11.1 Å². The molecule has 3 aromatic rings. The van der Waals surface area contributed by atoms with Gasteiger partial charge in [-0.1, -0.05) is 30.3 Å². The Hall–Kier alpha value is -3.06. The molecule has 0 atom stereocenters. The van der Waals surface area contributed by atoms with Crippen molar-refractivity contribution < 1.29 is 18.4 Å². The number of rotatable bonds is 4. The van der Waals surface area contributed by atoms with Crippen molar-refractivity contribution in [2.45, 2.75) is 26.2 Å². The third kappa shape index (κ3) is 4.37. The van der Waals surface area contributed by atoms with Gasteiger partial charge in [-0.2, -0.15) is 0 Å². The number of halogens is 2. The first-order chi connectivity index (χ1) is 15.0. The summed E-state index contributed by atoms with van der Waals surface area (Å²) < 4.78 is 27.7. The van der Waals surface area contributed by atoms with Crippen molar-refractivity contribution in [3.8, 4) is 10.4 Å². The van der Waals surface area contributed by atoms with Crippen molar-refractivity contribution >= 4 is 28.2 Å². The van der Waals surface area contributed by atoms with Crippen molar-refractivity contribution in [1.29, 1.82) is 0 Å². The molecule has 0 bridgehead atoms. The molecule has 1 aromatic heterocycles. The van der Waals surface area contributed by atoms with Crippen LogP contribution in [-0.4, -0.2) is 29.8 Å². The fourth-order valence-electron chi connectivity index (χ4n) is 3.82. The Kier molecular flexibility index (Phi) is 6.13. The summed E-state index contributed by atoms with van der Waals surface area (Å²) >= 11 is 1.27. The molecule has 1 aliphatic rings. The summed E-state index contributed by atoms with van der Waals surface area (Å²) in [6.45, 7) is 3.19. The smallest absolute Gasteiger partial charge is 0.259 e. The van der Waals surface area contributed by atoms with Gasteiger partial charge in [0.25, 0.3) is 11.8 Å². The van der Waals surface area contributed by atoms with E-state index in [4.69, 9.17) is 0 Å². The Morgan fingerprint density at radius 1 is 1.00 bits per heavy atom. The lowest BCUT2D eigenvalue weighted by molar-refractivity contribution is 0.0725. The van der Waals surface area contributed by atoms with E-state index in [-0.39, 0.29) is 5.91 Å². The molecule has 0 radical (unpaired) electrons. The van der Waals surface area contributed by atoms with E-state index in [9.17, 15) is 18.4 Å². The number of hydrogen-bond donors (Lipinski definition) is 1. The van der Waals surface area contributed by atoms with E-state index in [0.29, 0.717) is 23.7 Å². The SMILES string of the molecule is Cc1c(-c2ccccc2)sc(NC(=O)c2cc(F)ccc2F)c1C(=O)N1CCCCC1. The zero-order valence-corrected chi connectivity index (χ0v) is 17.9. The molecule has 1 fully saturated rings. The van der Waals surface area contributed by atoms with Gasteiger partial charge in [0, 0.05) is 18.0 Å². The maximum atomic E-state index is 14.1. The molecule has 0 spiro atoms. The zero-order valence-electron chi connectivity index (χ0n) is 17.1. The molecule has 160 valence electrons. The first-order valence-electron chi connectivity index (χ1n) is 10.2. The third-order valence-electron chi connectivity index (χ3n) is 5.44. The average Bonchev–Trinajstić information content (AvgIpc) is 3.11. The number of amides is 2. The van der Waals surface area contributed by atoms with E-state index in [1.54, 1.807) is 4.90 Å². The van der Waals surface area contributed by atoms with Crippen LogP contribution in [0.5, 0.6) is 0 Å². The van der Waals surface area contributed by atoms with Crippen LogP contribution < -0.4 is 5.32 Å². The Bertz CT molecular complexity index is 1120. The molecule has 0 unspecified atom stereocenters. The lowest BCUT2D eigenvalue weighted by Gasteiger charge is -2.27. The molecular formula is C24H22F2N2O2S. The molecule has 4 nitrogen and oxygen atoms in total. The average molecular weight is 441 g/mol. The van der Waals surface area contributed by atoms with E-state index < -0.39 is 23.1 Å². The van der Waals surface area contributed by atoms with Crippen LogP contribution in [0.3, 0.4) is 0 Å². The Morgan fingerprint density at radius 2 is 1.71 bits per heavy atom. The number of carbonyl (C=O) groups is 2. The van der Waals surface area contributed by atoms with Gasteiger partial charge in [0.1, 0.15) is 16.6 Å². The number of benzene rings is 2. The fourth-order valence-corrected chi connectivity index (χ4v) is 5.02. The van der Waals surface area contributed by atoms with E-state index in [0.717, 1.165) is 53.5 Å². The van der Waals surface area contributed by atoms with Gasteiger partial charge in [-0.3, -0.25) is 9.59 Å². The zero-order chi connectivity index (χ0) is 22.0. The van der Waals surface area contributed by atoms with Gasteiger partial charge in [-0.15, -0.1) is 11.3 Å². The summed E-state index contributed by atoms with van der Waals surface area (Å²) in [5.74, 6) is -2.46. The number of thiophene rings is 1. The second-order valence-corrected chi connectivity index (χ2v) is 8.58. The van der Waals surface area contributed by atoms with Crippen LogP contribution in [0.15, 0.2) is 48.5 Å². The minimum Gasteiger partial charge on any atom is -0.339 e. The van der Waals surface area contributed by atoms with Crippen LogP contribution in [0.25, 0.3) is 10.4 Å². The number of likely N-dealkylation sites (tertiary alicyclic amines) is 1. The quantitative estimate of drug-likeness (QED) is 0.551. The lowest BCUT2D eigenvalue weighted by atomic mass is 10.0. The first kappa shape index (κ1) is 21.2. The van der Waals surface area contributed by atoms with Gasteiger partial charge in [-0.05, 0) is 55.5 Å². The first-order valence-corrected chi connectivity index (χ1v) is 11.0. The van der Waals surface area contributed by atoms with Crippen LogP contribution in [0.4, 0.5) is 13.8 Å². The van der Waals surface area contributed by atoms with Crippen molar-refractivity contribution in [2.24, 2.45) is 0 Å². The van der Waals surface area contributed by atoms with Gasteiger partial charge in [0.2, 0.25) is 0 Å². The summed E-state index contributed by atoms with van der Waals surface area (Å²) in [5.41, 5.74) is 1.71. The largest absolute Gasteiger partial charge is 0.339 e. The van der Waals surface area contributed by atoms with E-state index in [1.165, 1.54) is 11.3 Å². The number of nitrogens with one attached hydrogen (secondary N) is 1. The third-order valence-corrected chi connectivity index (χ3v) is 6.70. The summed E-state index contributed by atoms with van der Waals surface area (Å²) in [6.07, 6.45) is 2.97. The van der Waals surface area contributed by atoms with E-state index in [1.807, 2.05) is 37.3 Å². The molecule has 4 rings (SSSR count). The summed E-state index contributed by atoms with van der Waals surface area (Å²) in [4.78, 5) is 28.8. The Balaban J connectivity index is 1.75. The monoisotopic (exact) mass is 440 g/mol. The molecule has 7 heteroatoms. The molecule has 0 aliphatic carbocycles. The topological polar surface area (TPSA) is 49.4 Å². The van der Waals surface area contributed by atoms with Gasteiger partial charge in [0.15, 0.2) is 0 Å². The van der Waals surface area contributed by atoms with Gasteiger partial charge in [-0.25, -0.2) is 8.78 Å². The van der Waals surface area contributed by atoms with Crippen LogP contribution in [0.2, 0.25) is 0 Å². The molecule has 31 heavy (non-hydrogen) atoms. The van der Waals surface area contributed by atoms with Crippen LogP contribution in [0.1, 0.15) is 45.5 Å². The van der Waals surface area contributed by atoms with Crippen molar-refractivity contribution in [3.63, 3.8) is 0 Å². The summed E-state index contributed by atoms with van der Waals surface area (Å²) in [5, 5.41) is 3.02. The van der Waals surface area contributed by atoms with Gasteiger partial charge < -0.3 is 10.2 Å². The fraction of sp³-hybridized carbons (Fsp3) is 0.250. The lowest BCUT2D eigenvalue weighted by Crippen LogP contribution is -2.36. The number of nitrogens with zero attached hydrogens (tertiary/aromatic N) is 1. The van der Waals surface area contributed by atoms with Crippen LogP contribution >= 0.6 is 11.3 Å². The number of anilines is 1. The Morgan fingerprint density at radius 3 is 2.42 bits per heavy atom. The molecule has 1 saturated heterocycles. The van der Waals surface area contributed by atoms with Crippen molar-refractivity contribution in [3.05, 3.63) is 76.9 Å². The highest BCUT2D eigenvalue weighted by atomic mass is 32.1. The maximum Gasteiger partial charge on any atom is 0.259 e. The molecule has 0 saturated carbocycles. The van der Waals surface area contributed by atoms with Crippen molar-refractivity contribution in [2.75, 3.05) is 18.4 Å². The second kappa shape index (κ2) is 8.98. The maximum absolute atomic E-state index is 14.1. The minimum absolute atomic E-state index is 0.148. The van der Waals surface area contributed by atoms with E-state index >= 15 is 0 Å². The highest BCUT2D eigenvalue weighted by molar-refractivity contribution is 7.20. The summed E-state index contributed by atoms with van der Waals surface area (Å²) in [6, 6.07) is 12.3. The Labute approximate surface area is 183 Å². The molecular weight excluding hydrogens is 418 g/mol. The standard InChI is InChI=1S/C24H22F2N2O2S/c1-15-20(24(30)28-12-6-3-7-13-28)23(31-21(15)16-8-4-2-5-9-16)27-22(29)18-14-17(25)10-11-19(18)26/h2,4-5,8-11,14H,3,6-7,12-13H2,1H3,(H,27,29).